The van der Waals surface area contributed by atoms with Crippen LogP contribution in [0.1, 0.15) is 19.4 Å². The molecule has 15 heavy (non-hydrogen) atoms. The molecule has 3 nitrogen and oxygen atoms in total. The standard InChI is InChI=1S/C12H19NO2/c1-4-13(5-2)9-10-6-7-11(15-3)8-12(10)14/h6-8,14H,4-5,9H2,1-3H3. The van der Waals surface area contributed by atoms with Crippen molar-refractivity contribution in [2.75, 3.05) is 20.2 Å². The third kappa shape index (κ3) is 3.13. The van der Waals surface area contributed by atoms with Crippen LogP contribution in [0.4, 0.5) is 0 Å². The zero-order valence-electron chi connectivity index (χ0n) is 9.66. The van der Waals surface area contributed by atoms with Crippen molar-refractivity contribution in [3.05, 3.63) is 23.8 Å². The average Bonchev–Trinajstić information content (AvgIpc) is 2.27. The Morgan fingerprint density at radius 2 is 1.93 bits per heavy atom. The van der Waals surface area contributed by atoms with E-state index in [0.717, 1.165) is 25.2 Å². The highest BCUT2D eigenvalue weighted by Gasteiger charge is 2.06. The maximum Gasteiger partial charge on any atom is 0.123 e. The van der Waals surface area contributed by atoms with Crippen LogP contribution in [0.2, 0.25) is 0 Å². The van der Waals surface area contributed by atoms with Gasteiger partial charge in [0.15, 0.2) is 0 Å². The molecule has 0 heterocycles. The SMILES string of the molecule is CCN(CC)Cc1ccc(OC)cc1O. The molecule has 1 aromatic carbocycles. The number of phenols is 1. The van der Waals surface area contributed by atoms with Crippen LogP contribution in [-0.4, -0.2) is 30.2 Å². The molecule has 1 N–H and O–H groups in total. The number of ether oxygens (including phenoxy) is 1. The molecule has 0 radical (unpaired) electrons. The maximum atomic E-state index is 9.76. The normalized spacial score (nSPS) is 10.7. The smallest absolute Gasteiger partial charge is 0.123 e. The summed E-state index contributed by atoms with van der Waals surface area (Å²) >= 11 is 0. The van der Waals surface area contributed by atoms with Crippen molar-refractivity contribution >= 4 is 0 Å². The Kier molecular flexibility index (Phi) is 4.43. The Hall–Kier alpha value is -1.22. The molecule has 0 bridgehead atoms. The Balaban J connectivity index is 2.77. The fourth-order valence-electron chi connectivity index (χ4n) is 1.49. The van der Waals surface area contributed by atoms with Crippen molar-refractivity contribution in [3.8, 4) is 11.5 Å². The summed E-state index contributed by atoms with van der Waals surface area (Å²) in [6.45, 7) is 6.99. The first-order valence-corrected chi connectivity index (χ1v) is 5.29. The van der Waals surface area contributed by atoms with Gasteiger partial charge in [0.1, 0.15) is 11.5 Å². The summed E-state index contributed by atoms with van der Waals surface area (Å²) in [6, 6.07) is 5.43. The van der Waals surface area contributed by atoms with E-state index in [0.29, 0.717) is 11.5 Å². The summed E-state index contributed by atoms with van der Waals surface area (Å²) < 4.78 is 5.03. The molecule has 1 aromatic rings. The van der Waals surface area contributed by atoms with Gasteiger partial charge in [0, 0.05) is 18.2 Å². The summed E-state index contributed by atoms with van der Waals surface area (Å²) in [5.41, 5.74) is 0.944. The molecular weight excluding hydrogens is 190 g/mol. The van der Waals surface area contributed by atoms with Crippen molar-refractivity contribution in [3.63, 3.8) is 0 Å². The second-order valence-electron chi connectivity index (χ2n) is 3.46. The Bertz CT molecular complexity index is 308. The molecule has 0 spiro atoms. The van der Waals surface area contributed by atoms with E-state index in [4.69, 9.17) is 4.74 Å². The fraction of sp³-hybridized carbons (Fsp3) is 0.500. The molecule has 1 rings (SSSR count). The maximum absolute atomic E-state index is 9.76. The second kappa shape index (κ2) is 5.61. The molecule has 0 amide bonds. The predicted octanol–water partition coefficient (Wildman–Crippen LogP) is 2.24. The third-order valence-corrected chi connectivity index (χ3v) is 2.58. The average molecular weight is 209 g/mol. The van der Waals surface area contributed by atoms with Crippen LogP contribution in [0.5, 0.6) is 11.5 Å². The second-order valence-corrected chi connectivity index (χ2v) is 3.46. The Morgan fingerprint density at radius 3 is 2.40 bits per heavy atom. The number of aromatic hydroxyl groups is 1. The number of benzene rings is 1. The number of nitrogens with zero attached hydrogens (tertiary/aromatic N) is 1. The number of methoxy groups -OCH3 is 1. The van der Waals surface area contributed by atoms with Gasteiger partial charge in [-0.05, 0) is 19.2 Å². The molecule has 0 saturated carbocycles. The molecule has 0 fully saturated rings. The first kappa shape index (κ1) is 11.9. The lowest BCUT2D eigenvalue weighted by molar-refractivity contribution is 0.290. The largest absolute Gasteiger partial charge is 0.507 e. The summed E-state index contributed by atoms with van der Waals surface area (Å²) in [6.07, 6.45) is 0. The Labute approximate surface area is 91.3 Å². The van der Waals surface area contributed by atoms with Gasteiger partial charge in [-0.2, -0.15) is 0 Å². The van der Waals surface area contributed by atoms with Crippen LogP contribution in [-0.2, 0) is 6.54 Å². The van der Waals surface area contributed by atoms with Crippen LogP contribution < -0.4 is 4.74 Å². The van der Waals surface area contributed by atoms with Gasteiger partial charge in [0.05, 0.1) is 7.11 Å². The number of hydrogen-bond acceptors (Lipinski definition) is 3. The van der Waals surface area contributed by atoms with Gasteiger partial charge in [-0.1, -0.05) is 19.9 Å². The van der Waals surface area contributed by atoms with Crippen LogP contribution in [0, 0.1) is 0 Å². The summed E-state index contributed by atoms with van der Waals surface area (Å²) in [5.74, 6) is 0.997. The lowest BCUT2D eigenvalue weighted by Gasteiger charge is -2.18. The van der Waals surface area contributed by atoms with E-state index in [-0.39, 0.29) is 0 Å². The first-order valence-electron chi connectivity index (χ1n) is 5.29. The van der Waals surface area contributed by atoms with Gasteiger partial charge in [-0.25, -0.2) is 0 Å². The summed E-state index contributed by atoms with van der Waals surface area (Å²) in [5, 5.41) is 9.76. The van der Waals surface area contributed by atoms with E-state index in [2.05, 4.69) is 18.7 Å². The minimum atomic E-state index is 0.307. The molecule has 0 aromatic heterocycles. The summed E-state index contributed by atoms with van der Waals surface area (Å²) in [7, 11) is 1.60. The molecule has 0 aliphatic heterocycles. The minimum absolute atomic E-state index is 0.307. The van der Waals surface area contributed by atoms with Crippen molar-refractivity contribution in [1.82, 2.24) is 4.90 Å². The zero-order valence-corrected chi connectivity index (χ0v) is 9.66. The van der Waals surface area contributed by atoms with E-state index in [1.54, 1.807) is 13.2 Å². The van der Waals surface area contributed by atoms with E-state index in [1.165, 1.54) is 0 Å². The highest BCUT2D eigenvalue weighted by Crippen LogP contribution is 2.24. The molecular formula is C12H19NO2. The highest BCUT2D eigenvalue weighted by atomic mass is 16.5. The van der Waals surface area contributed by atoms with Gasteiger partial charge >= 0.3 is 0 Å². The van der Waals surface area contributed by atoms with Crippen molar-refractivity contribution < 1.29 is 9.84 Å². The van der Waals surface area contributed by atoms with Crippen molar-refractivity contribution in [2.45, 2.75) is 20.4 Å². The molecule has 0 unspecified atom stereocenters. The van der Waals surface area contributed by atoms with Crippen LogP contribution in [0.15, 0.2) is 18.2 Å². The van der Waals surface area contributed by atoms with E-state index < -0.39 is 0 Å². The van der Waals surface area contributed by atoms with Crippen LogP contribution in [0.25, 0.3) is 0 Å². The molecule has 0 aliphatic rings. The Morgan fingerprint density at radius 1 is 1.27 bits per heavy atom. The number of phenolic OH excluding ortho intramolecular Hbond substituents is 1. The van der Waals surface area contributed by atoms with Gasteiger partial charge in [-0.15, -0.1) is 0 Å². The third-order valence-electron chi connectivity index (χ3n) is 2.58. The summed E-state index contributed by atoms with van der Waals surface area (Å²) in [4.78, 5) is 2.25. The molecule has 0 aliphatic carbocycles. The zero-order chi connectivity index (χ0) is 11.3. The van der Waals surface area contributed by atoms with Crippen LogP contribution in [0.3, 0.4) is 0 Å². The van der Waals surface area contributed by atoms with Crippen LogP contribution >= 0.6 is 0 Å². The van der Waals surface area contributed by atoms with Gasteiger partial charge in [0.2, 0.25) is 0 Å². The van der Waals surface area contributed by atoms with E-state index in [1.807, 2.05) is 12.1 Å². The minimum Gasteiger partial charge on any atom is -0.507 e. The highest BCUT2D eigenvalue weighted by molar-refractivity contribution is 5.39. The van der Waals surface area contributed by atoms with E-state index >= 15 is 0 Å². The number of hydrogen-bond donors (Lipinski definition) is 1. The van der Waals surface area contributed by atoms with Gasteiger partial charge < -0.3 is 9.84 Å². The van der Waals surface area contributed by atoms with E-state index in [9.17, 15) is 5.11 Å². The molecule has 3 heteroatoms. The topological polar surface area (TPSA) is 32.7 Å². The number of rotatable bonds is 5. The van der Waals surface area contributed by atoms with Gasteiger partial charge in [-0.3, -0.25) is 4.90 Å². The van der Waals surface area contributed by atoms with Crippen molar-refractivity contribution in [2.24, 2.45) is 0 Å². The lowest BCUT2D eigenvalue weighted by atomic mass is 10.2. The van der Waals surface area contributed by atoms with Crippen molar-refractivity contribution in [1.29, 1.82) is 0 Å². The predicted molar refractivity (Wildman–Crippen MR) is 61.3 cm³/mol. The fourth-order valence-corrected chi connectivity index (χ4v) is 1.49. The first-order chi connectivity index (χ1) is 7.21. The van der Waals surface area contributed by atoms with Gasteiger partial charge in [0.25, 0.3) is 0 Å². The molecule has 0 atom stereocenters. The molecule has 0 saturated heterocycles. The quantitative estimate of drug-likeness (QED) is 0.807. The lowest BCUT2D eigenvalue weighted by Crippen LogP contribution is -2.22. The monoisotopic (exact) mass is 209 g/mol. The molecule has 84 valence electrons.